The van der Waals surface area contributed by atoms with Crippen molar-refractivity contribution >= 4 is 23.7 Å². The molecule has 0 aliphatic carbocycles. The van der Waals surface area contributed by atoms with Crippen LogP contribution in [0.5, 0.6) is 0 Å². The van der Waals surface area contributed by atoms with Crippen molar-refractivity contribution in [3.05, 3.63) is 0 Å². The summed E-state index contributed by atoms with van der Waals surface area (Å²) in [4.78, 5) is 50.3. The van der Waals surface area contributed by atoms with Gasteiger partial charge in [-0.15, -0.1) is 0 Å². The Labute approximate surface area is 204 Å². The molecule has 0 aromatic heterocycles. The normalized spacial score (nSPS) is 15.8. The molecule has 5 atom stereocenters. The number of hydrogen-bond acceptors (Lipinski definition) is 6. The summed E-state index contributed by atoms with van der Waals surface area (Å²) in [5.41, 5.74) is 11.5. The fourth-order valence-electron chi connectivity index (χ4n) is 3.57. The fourth-order valence-corrected chi connectivity index (χ4v) is 3.57. The van der Waals surface area contributed by atoms with Gasteiger partial charge in [0.25, 0.3) is 0 Å². The maximum Gasteiger partial charge on any atom is 0.326 e. The van der Waals surface area contributed by atoms with E-state index in [9.17, 15) is 24.3 Å². The molecule has 10 nitrogen and oxygen atoms in total. The zero-order valence-electron chi connectivity index (χ0n) is 21.7. The molecule has 3 amide bonds. The van der Waals surface area contributed by atoms with E-state index in [1.54, 1.807) is 6.92 Å². The first-order valence-electron chi connectivity index (χ1n) is 12.4. The molecule has 0 fully saturated rings. The fraction of sp³-hybridized carbons (Fsp3) is 0.833. The van der Waals surface area contributed by atoms with E-state index in [-0.39, 0.29) is 17.8 Å². The van der Waals surface area contributed by atoms with Gasteiger partial charge in [-0.2, -0.15) is 0 Å². The van der Waals surface area contributed by atoms with Gasteiger partial charge in [-0.1, -0.05) is 48.0 Å². The van der Waals surface area contributed by atoms with Gasteiger partial charge in [0.15, 0.2) is 0 Å². The van der Waals surface area contributed by atoms with Gasteiger partial charge < -0.3 is 32.5 Å². The van der Waals surface area contributed by atoms with Crippen molar-refractivity contribution in [3.63, 3.8) is 0 Å². The van der Waals surface area contributed by atoms with Crippen LogP contribution in [0.15, 0.2) is 0 Å². The van der Waals surface area contributed by atoms with Crippen molar-refractivity contribution in [1.29, 1.82) is 0 Å². The minimum atomic E-state index is -1.13. The number of aliphatic carboxylic acids is 1. The Morgan fingerprint density at radius 1 is 0.794 bits per heavy atom. The number of carboxylic acid groups (broad SMARTS) is 1. The van der Waals surface area contributed by atoms with Gasteiger partial charge in [0.1, 0.15) is 18.1 Å². The van der Waals surface area contributed by atoms with Crippen molar-refractivity contribution in [2.75, 3.05) is 6.54 Å². The standard InChI is InChI=1S/C24H47N5O5/c1-7-16(6)20(24(33)34)29-22(31)18(10-8-9-11-25)27-23(32)19(13-15(4)5)28-21(30)17(26)12-14(2)3/h14-20H,7-13,25-26H2,1-6H3,(H,27,32)(H,28,30)(H,29,31)(H,33,34). The smallest absolute Gasteiger partial charge is 0.326 e. The van der Waals surface area contributed by atoms with Crippen LogP contribution in [0.2, 0.25) is 0 Å². The van der Waals surface area contributed by atoms with Crippen LogP contribution in [-0.4, -0.2) is 59.5 Å². The molecule has 0 aliphatic rings. The third-order valence-corrected chi connectivity index (χ3v) is 5.76. The van der Waals surface area contributed by atoms with E-state index < -0.39 is 47.9 Å². The average Bonchev–Trinajstić information content (AvgIpc) is 2.74. The first-order valence-corrected chi connectivity index (χ1v) is 12.4. The van der Waals surface area contributed by atoms with E-state index in [4.69, 9.17) is 11.5 Å². The number of nitrogens with one attached hydrogen (secondary N) is 3. The first-order chi connectivity index (χ1) is 15.8. The lowest BCUT2D eigenvalue weighted by Gasteiger charge is -2.27. The molecule has 8 N–H and O–H groups in total. The van der Waals surface area contributed by atoms with Gasteiger partial charge in [0.2, 0.25) is 17.7 Å². The van der Waals surface area contributed by atoms with E-state index in [1.807, 2.05) is 34.6 Å². The lowest BCUT2D eigenvalue weighted by molar-refractivity contribution is -0.144. The Bertz CT molecular complexity index is 656. The van der Waals surface area contributed by atoms with E-state index in [1.165, 1.54) is 0 Å². The third kappa shape index (κ3) is 12.3. The Morgan fingerprint density at radius 3 is 1.79 bits per heavy atom. The lowest BCUT2D eigenvalue weighted by atomic mass is 9.98. The Hall–Kier alpha value is -2.20. The molecule has 0 aromatic carbocycles. The van der Waals surface area contributed by atoms with Crippen molar-refractivity contribution < 1.29 is 24.3 Å². The maximum absolute atomic E-state index is 13.1. The number of hydrogen-bond donors (Lipinski definition) is 6. The summed E-state index contributed by atoms with van der Waals surface area (Å²) in [5, 5.41) is 17.5. The topological polar surface area (TPSA) is 177 Å². The summed E-state index contributed by atoms with van der Waals surface area (Å²) < 4.78 is 0. The zero-order chi connectivity index (χ0) is 26.4. The van der Waals surface area contributed by atoms with E-state index in [0.29, 0.717) is 45.1 Å². The van der Waals surface area contributed by atoms with Gasteiger partial charge in [-0.3, -0.25) is 14.4 Å². The third-order valence-electron chi connectivity index (χ3n) is 5.76. The number of carboxylic acids is 1. The minimum absolute atomic E-state index is 0.101. The van der Waals surface area contributed by atoms with Crippen LogP contribution in [-0.2, 0) is 19.2 Å². The number of amides is 3. The molecule has 10 heteroatoms. The summed E-state index contributed by atoms with van der Waals surface area (Å²) in [5.74, 6) is -2.56. The molecular formula is C24H47N5O5. The minimum Gasteiger partial charge on any atom is -0.480 e. The number of unbranched alkanes of at least 4 members (excludes halogenated alkanes) is 1. The van der Waals surface area contributed by atoms with Gasteiger partial charge in [-0.05, 0) is 56.4 Å². The summed E-state index contributed by atoms with van der Waals surface area (Å²) in [7, 11) is 0. The predicted octanol–water partition coefficient (Wildman–Crippen LogP) is 1.12. The van der Waals surface area contributed by atoms with Gasteiger partial charge in [0, 0.05) is 0 Å². The Balaban J connectivity index is 5.55. The lowest BCUT2D eigenvalue weighted by Crippen LogP contribution is -2.58. The molecule has 5 unspecified atom stereocenters. The second kappa shape index (κ2) is 16.4. The number of carbonyl (C=O) groups is 4. The van der Waals surface area contributed by atoms with Crippen LogP contribution in [0.4, 0.5) is 0 Å². The maximum atomic E-state index is 13.1. The second-order valence-electron chi connectivity index (χ2n) is 9.98. The van der Waals surface area contributed by atoms with Crippen molar-refractivity contribution in [1.82, 2.24) is 16.0 Å². The summed E-state index contributed by atoms with van der Waals surface area (Å²) in [6.07, 6.45) is 2.96. The van der Waals surface area contributed by atoms with Gasteiger partial charge >= 0.3 is 5.97 Å². The molecule has 0 aliphatic heterocycles. The van der Waals surface area contributed by atoms with Crippen LogP contribution in [0.1, 0.15) is 80.1 Å². The summed E-state index contributed by atoms with van der Waals surface area (Å²) >= 11 is 0. The molecular weight excluding hydrogens is 438 g/mol. The highest BCUT2D eigenvalue weighted by Crippen LogP contribution is 2.11. The van der Waals surface area contributed by atoms with Crippen LogP contribution in [0, 0.1) is 17.8 Å². The molecule has 0 radical (unpaired) electrons. The number of nitrogens with two attached hydrogens (primary N) is 2. The van der Waals surface area contributed by atoms with Crippen molar-refractivity contribution in [3.8, 4) is 0 Å². The highest BCUT2D eigenvalue weighted by Gasteiger charge is 2.32. The molecule has 198 valence electrons. The highest BCUT2D eigenvalue weighted by atomic mass is 16.4. The zero-order valence-corrected chi connectivity index (χ0v) is 21.7. The molecule has 0 heterocycles. The molecule has 0 bridgehead atoms. The monoisotopic (exact) mass is 485 g/mol. The Kier molecular flexibility index (Phi) is 15.4. The quantitative estimate of drug-likeness (QED) is 0.167. The number of carbonyl (C=O) groups excluding carboxylic acids is 3. The first kappa shape index (κ1) is 31.8. The Morgan fingerprint density at radius 2 is 1.32 bits per heavy atom. The van der Waals surface area contributed by atoms with E-state index in [2.05, 4.69) is 16.0 Å². The van der Waals surface area contributed by atoms with Gasteiger partial charge in [-0.25, -0.2) is 4.79 Å². The largest absolute Gasteiger partial charge is 0.480 e. The molecule has 0 aromatic rings. The molecule has 0 saturated carbocycles. The van der Waals surface area contributed by atoms with E-state index in [0.717, 1.165) is 0 Å². The molecule has 0 rings (SSSR count). The SMILES string of the molecule is CCC(C)C(NC(=O)C(CCCCN)NC(=O)C(CC(C)C)NC(=O)C(N)CC(C)C)C(=O)O. The summed E-state index contributed by atoms with van der Waals surface area (Å²) in [6, 6.07) is -3.61. The molecule has 0 spiro atoms. The number of rotatable bonds is 17. The van der Waals surface area contributed by atoms with Crippen molar-refractivity contribution in [2.45, 2.75) is 104 Å². The predicted molar refractivity (Wildman–Crippen MR) is 133 cm³/mol. The van der Waals surface area contributed by atoms with Gasteiger partial charge in [0.05, 0.1) is 6.04 Å². The summed E-state index contributed by atoms with van der Waals surface area (Å²) in [6.45, 7) is 11.8. The van der Waals surface area contributed by atoms with E-state index >= 15 is 0 Å². The second-order valence-corrected chi connectivity index (χ2v) is 9.98. The van der Waals surface area contributed by atoms with Crippen LogP contribution < -0.4 is 27.4 Å². The van der Waals surface area contributed by atoms with Crippen molar-refractivity contribution in [2.24, 2.45) is 29.2 Å². The average molecular weight is 486 g/mol. The highest BCUT2D eigenvalue weighted by molar-refractivity contribution is 5.94. The van der Waals surface area contributed by atoms with Crippen LogP contribution in [0.3, 0.4) is 0 Å². The van der Waals surface area contributed by atoms with Crippen LogP contribution >= 0.6 is 0 Å². The molecule has 34 heavy (non-hydrogen) atoms. The van der Waals surface area contributed by atoms with Crippen LogP contribution in [0.25, 0.3) is 0 Å². The molecule has 0 saturated heterocycles.